The van der Waals surface area contributed by atoms with Crippen molar-refractivity contribution < 1.29 is 0 Å². The summed E-state index contributed by atoms with van der Waals surface area (Å²) in [6.07, 6.45) is 3.17. The second-order valence-corrected chi connectivity index (χ2v) is 4.54. The number of pyridine rings is 1. The van der Waals surface area contributed by atoms with Gasteiger partial charge in [0.15, 0.2) is 0 Å². The van der Waals surface area contributed by atoms with E-state index in [0.29, 0.717) is 5.82 Å². The minimum Gasteiger partial charge on any atom is -0.384 e. The smallest absolute Gasteiger partial charge is 0.127 e. The molecule has 2 aromatic heterocycles. The van der Waals surface area contributed by atoms with E-state index in [4.69, 9.17) is 5.73 Å². The van der Waals surface area contributed by atoms with E-state index in [-0.39, 0.29) is 0 Å². The maximum absolute atomic E-state index is 5.55. The first-order chi connectivity index (χ1) is 7.25. The van der Waals surface area contributed by atoms with Crippen LogP contribution < -0.4 is 5.73 Å². The highest BCUT2D eigenvalue weighted by Gasteiger charge is 2.04. The minimum atomic E-state index is 0.458. The third kappa shape index (κ3) is 2.66. The summed E-state index contributed by atoms with van der Waals surface area (Å²) in [5.41, 5.74) is 5.55. The van der Waals surface area contributed by atoms with Gasteiger partial charge < -0.3 is 5.73 Å². The maximum Gasteiger partial charge on any atom is 0.127 e. The van der Waals surface area contributed by atoms with Crippen LogP contribution in [0.3, 0.4) is 0 Å². The summed E-state index contributed by atoms with van der Waals surface area (Å²) in [4.78, 5) is 12.1. The van der Waals surface area contributed by atoms with Crippen molar-refractivity contribution in [3.05, 3.63) is 35.2 Å². The zero-order valence-electron chi connectivity index (χ0n) is 7.59. The lowest BCUT2D eigenvalue weighted by molar-refractivity contribution is 1.04. The van der Waals surface area contributed by atoms with E-state index < -0.39 is 0 Å². The number of nitrogens with zero attached hydrogens (tertiary/aromatic N) is 3. The molecular formula is C9H7BrN4S. The van der Waals surface area contributed by atoms with Crippen LogP contribution in [0.25, 0.3) is 0 Å². The second kappa shape index (κ2) is 4.59. The Hall–Kier alpha value is -1.14. The van der Waals surface area contributed by atoms with Crippen molar-refractivity contribution in [2.45, 2.75) is 10.1 Å². The molecule has 0 amide bonds. The minimum absolute atomic E-state index is 0.458. The Bertz CT molecular complexity index is 477. The van der Waals surface area contributed by atoms with Crippen molar-refractivity contribution in [3.8, 4) is 0 Å². The van der Waals surface area contributed by atoms with Crippen molar-refractivity contribution in [2.24, 2.45) is 0 Å². The summed E-state index contributed by atoms with van der Waals surface area (Å²) in [5.74, 6) is 0.458. The highest BCUT2D eigenvalue weighted by molar-refractivity contribution is 9.10. The Morgan fingerprint density at radius 3 is 2.87 bits per heavy atom. The van der Waals surface area contributed by atoms with Crippen LogP contribution in [0.2, 0.25) is 0 Å². The molecule has 0 radical (unpaired) electrons. The molecule has 4 nitrogen and oxygen atoms in total. The number of nitrogens with two attached hydrogens (primary N) is 1. The summed E-state index contributed by atoms with van der Waals surface area (Å²) in [7, 11) is 0. The molecule has 0 aliphatic heterocycles. The first-order valence-electron chi connectivity index (χ1n) is 4.11. The molecule has 15 heavy (non-hydrogen) atoms. The molecule has 0 unspecified atom stereocenters. The van der Waals surface area contributed by atoms with E-state index in [9.17, 15) is 0 Å². The average molecular weight is 283 g/mol. The molecule has 0 atom stereocenters. The Morgan fingerprint density at radius 1 is 1.27 bits per heavy atom. The van der Waals surface area contributed by atoms with Gasteiger partial charge in [0.05, 0.1) is 4.47 Å². The van der Waals surface area contributed by atoms with Crippen LogP contribution in [0, 0.1) is 0 Å². The van der Waals surface area contributed by atoms with Crippen molar-refractivity contribution in [1.82, 2.24) is 15.0 Å². The Morgan fingerprint density at radius 2 is 2.13 bits per heavy atom. The lowest BCUT2D eigenvalue weighted by atomic mass is 10.5. The zero-order chi connectivity index (χ0) is 10.7. The number of anilines is 1. The number of nitrogen functional groups attached to an aromatic ring is 1. The molecule has 0 aliphatic carbocycles. The van der Waals surface area contributed by atoms with Gasteiger partial charge in [0.1, 0.15) is 22.2 Å². The SMILES string of the molecule is Nc1cc(Sc2ncccc2Br)ncn1. The van der Waals surface area contributed by atoms with Gasteiger partial charge in [0, 0.05) is 12.3 Å². The van der Waals surface area contributed by atoms with Crippen LogP contribution in [-0.4, -0.2) is 15.0 Å². The highest BCUT2D eigenvalue weighted by Crippen LogP contribution is 2.30. The molecule has 6 heteroatoms. The van der Waals surface area contributed by atoms with E-state index in [0.717, 1.165) is 14.5 Å². The molecule has 0 fully saturated rings. The predicted molar refractivity (Wildman–Crippen MR) is 62.5 cm³/mol. The molecular weight excluding hydrogens is 276 g/mol. The van der Waals surface area contributed by atoms with Gasteiger partial charge in [-0.1, -0.05) is 0 Å². The Balaban J connectivity index is 2.26. The van der Waals surface area contributed by atoms with Gasteiger partial charge >= 0.3 is 0 Å². The molecule has 0 saturated heterocycles. The molecule has 2 aromatic rings. The lowest BCUT2D eigenvalue weighted by Gasteiger charge is -2.01. The molecule has 0 spiro atoms. The van der Waals surface area contributed by atoms with Crippen LogP contribution >= 0.6 is 27.7 Å². The van der Waals surface area contributed by atoms with Gasteiger partial charge in [-0.3, -0.25) is 0 Å². The Labute approximate surface area is 99.5 Å². The van der Waals surface area contributed by atoms with E-state index in [1.165, 1.54) is 18.1 Å². The summed E-state index contributed by atoms with van der Waals surface area (Å²) in [6, 6.07) is 5.51. The molecule has 76 valence electrons. The largest absolute Gasteiger partial charge is 0.384 e. The number of aromatic nitrogens is 3. The van der Waals surface area contributed by atoms with Crippen molar-refractivity contribution in [3.63, 3.8) is 0 Å². The fourth-order valence-electron chi connectivity index (χ4n) is 0.955. The van der Waals surface area contributed by atoms with Crippen molar-refractivity contribution in [1.29, 1.82) is 0 Å². The highest BCUT2D eigenvalue weighted by atomic mass is 79.9. The van der Waals surface area contributed by atoms with Gasteiger partial charge in [0.25, 0.3) is 0 Å². The molecule has 0 bridgehead atoms. The summed E-state index contributed by atoms with van der Waals surface area (Å²) in [5, 5.41) is 1.64. The number of hydrogen-bond donors (Lipinski definition) is 1. The number of hydrogen-bond acceptors (Lipinski definition) is 5. The average Bonchev–Trinajstić information content (AvgIpc) is 2.22. The molecule has 2 heterocycles. The monoisotopic (exact) mass is 282 g/mol. The van der Waals surface area contributed by atoms with Gasteiger partial charge in [-0.25, -0.2) is 15.0 Å². The van der Waals surface area contributed by atoms with E-state index >= 15 is 0 Å². The first-order valence-corrected chi connectivity index (χ1v) is 5.72. The maximum atomic E-state index is 5.55. The van der Waals surface area contributed by atoms with Gasteiger partial charge in [-0.2, -0.15) is 0 Å². The third-order valence-electron chi connectivity index (χ3n) is 1.59. The summed E-state index contributed by atoms with van der Waals surface area (Å²) >= 11 is 4.85. The second-order valence-electron chi connectivity index (χ2n) is 2.67. The van der Waals surface area contributed by atoms with Gasteiger partial charge in [-0.05, 0) is 39.8 Å². The van der Waals surface area contributed by atoms with Gasteiger partial charge in [0.2, 0.25) is 0 Å². The predicted octanol–water partition coefficient (Wildman–Crippen LogP) is 2.37. The number of halogens is 1. The van der Waals surface area contributed by atoms with Crippen molar-refractivity contribution >= 4 is 33.5 Å². The van der Waals surface area contributed by atoms with Crippen LogP contribution in [0.5, 0.6) is 0 Å². The molecule has 2 N–H and O–H groups in total. The topological polar surface area (TPSA) is 64.7 Å². The first kappa shape index (κ1) is 10.4. The van der Waals surface area contributed by atoms with E-state index in [2.05, 4.69) is 30.9 Å². The fraction of sp³-hybridized carbons (Fsp3) is 0. The molecule has 2 rings (SSSR count). The normalized spacial score (nSPS) is 10.2. The fourth-order valence-corrected chi connectivity index (χ4v) is 2.21. The quantitative estimate of drug-likeness (QED) is 0.857. The lowest BCUT2D eigenvalue weighted by Crippen LogP contribution is -1.91. The van der Waals surface area contributed by atoms with Crippen LogP contribution in [-0.2, 0) is 0 Å². The van der Waals surface area contributed by atoms with Gasteiger partial charge in [-0.15, -0.1) is 0 Å². The molecule has 0 aromatic carbocycles. The van der Waals surface area contributed by atoms with Crippen molar-refractivity contribution in [2.75, 3.05) is 5.73 Å². The summed E-state index contributed by atoms with van der Waals surface area (Å²) < 4.78 is 0.937. The van der Waals surface area contributed by atoms with Crippen LogP contribution in [0.15, 0.2) is 45.2 Å². The van der Waals surface area contributed by atoms with Crippen LogP contribution in [0.1, 0.15) is 0 Å². The van der Waals surface area contributed by atoms with Crippen LogP contribution in [0.4, 0.5) is 5.82 Å². The van der Waals surface area contributed by atoms with E-state index in [1.54, 1.807) is 12.3 Å². The van der Waals surface area contributed by atoms with E-state index in [1.807, 2.05) is 12.1 Å². The molecule has 0 aliphatic rings. The third-order valence-corrected chi connectivity index (χ3v) is 3.44. The molecule has 0 saturated carbocycles. The Kier molecular flexibility index (Phi) is 3.17. The summed E-state index contributed by atoms with van der Waals surface area (Å²) in [6.45, 7) is 0. The number of rotatable bonds is 2. The zero-order valence-corrected chi connectivity index (χ0v) is 9.99. The standard InChI is InChI=1S/C9H7BrN4S/c10-6-2-1-3-12-9(6)15-8-4-7(11)13-5-14-8/h1-5H,(H2,11,13,14).